The van der Waals surface area contributed by atoms with Gasteiger partial charge in [-0.15, -0.1) is 0 Å². The summed E-state index contributed by atoms with van der Waals surface area (Å²) in [5.74, 6) is 0.121. The van der Waals surface area contributed by atoms with Crippen molar-refractivity contribution in [2.45, 2.75) is 45.6 Å². The number of anilines is 2. The van der Waals surface area contributed by atoms with Crippen molar-refractivity contribution in [3.05, 3.63) is 94.0 Å². The minimum atomic E-state index is -0.747. The molecule has 6 nitrogen and oxygen atoms in total. The summed E-state index contributed by atoms with van der Waals surface area (Å²) in [4.78, 5) is 29.1. The molecule has 1 saturated heterocycles. The first kappa shape index (κ1) is 25.8. The Morgan fingerprint density at radius 1 is 1.10 bits per heavy atom. The van der Waals surface area contributed by atoms with Gasteiger partial charge in [0.25, 0.3) is 5.91 Å². The zero-order valence-corrected chi connectivity index (χ0v) is 23.9. The first-order chi connectivity index (χ1) is 18.9. The van der Waals surface area contributed by atoms with E-state index in [4.69, 9.17) is 9.84 Å². The van der Waals surface area contributed by atoms with Gasteiger partial charge in [-0.3, -0.25) is 4.79 Å². The first-order valence-electron chi connectivity index (χ1n) is 13.7. The standard InChI is InChI=1S/C32H32BrN3O3/c1-3-39-30(37)24-9-12-27(13-10-24)36-31(38)32(21(2)34-36)20-25-19-26(33)11-14-28(25)35-16-15-23(18-29(32)35)17-22-7-5-4-6-8-22/h4-14,19,23,29H,3,15-18,20H2,1-2H3. The summed E-state index contributed by atoms with van der Waals surface area (Å²) >= 11 is 3.65. The zero-order valence-electron chi connectivity index (χ0n) is 22.3. The predicted octanol–water partition coefficient (Wildman–Crippen LogP) is 6.42. The van der Waals surface area contributed by atoms with Crippen molar-refractivity contribution in [2.75, 3.05) is 23.1 Å². The maximum absolute atomic E-state index is 14.5. The fourth-order valence-corrected chi connectivity index (χ4v) is 7.07. The minimum Gasteiger partial charge on any atom is -0.462 e. The molecule has 0 aliphatic carbocycles. The van der Waals surface area contributed by atoms with Crippen molar-refractivity contribution in [2.24, 2.45) is 16.4 Å². The molecule has 200 valence electrons. The number of benzene rings is 3. The molecule has 3 aliphatic heterocycles. The van der Waals surface area contributed by atoms with Crippen LogP contribution in [0.1, 0.15) is 48.2 Å². The Balaban J connectivity index is 1.36. The molecule has 0 radical (unpaired) electrons. The second-order valence-corrected chi connectivity index (χ2v) is 11.7. The van der Waals surface area contributed by atoms with E-state index in [1.54, 1.807) is 36.2 Å². The van der Waals surface area contributed by atoms with Gasteiger partial charge < -0.3 is 9.64 Å². The summed E-state index contributed by atoms with van der Waals surface area (Å²) in [6, 6.07) is 24.1. The monoisotopic (exact) mass is 585 g/mol. The Morgan fingerprint density at radius 3 is 2.62 bits per heavy atom. The van der Waals surface area contributed by atoms with E-state index in [-0.39, 0.29) is 17.9 Å². The maximum atomic E-state index is 14.5. The van der Waals surface area contributed by atoms with Crippen molar-refractivity contribution in [3.63, 3.8) is 0 Å². The molecular weight excluding hydrogens is 554 g/mol. The number of rotatable bonds is 5. The van der Waals surface area contributed by atoms with Crippen LogP contribution in [-0.2, 0) is 22.4 Å². The lowest BCUT2D eigenvalue weighted by molar-refractivity contribution is -0.125. The molecule has 1 amide bonds. The Labute approximate surface area is 237 Å². The fourth-order valence-electron chi connectivity index (χ4n) is 6.66. The number of ether oxygens (including phenoxy) is 1. The molecule has 1 spiro atoms. The molecule has 3 aromatic carbocycles. The third-order valence-electron chi connectivity index (χ3n) is 8.56. The number of carbonyl (C=O) groups excluding carboxylic acids is 2. The van der Waals surface area contributed by atoms with Gasteiger partial charge in [0.1, 0.15) is 5.41 Å². The van der Waals surface area contributed by atoms with E-state index in [9.17, 15) is 9.59 Å². The Hall–Kier alpha value is -3.45. The molecule has 3 heterocycles. The SMILES string of the molecule is CCOC(=O)c1ccc(N2N=C(C)C3(Cc4cc(Br)ccc4N4CCC(Cc5ccccc5)CC43)C2=O)cc1. The topological polar surface area (TPSA) is 62.2 Å². The van der Waals surface area contributed by atoms with E-state index in [1.165, 1.54) is 16.8 Å². The van der Waals surface area contributed by atoms with Crippen molar-refractivity contribution in [1.29, 1.82) is 0 Å². The normalized spacial score (nSPS) is 23.9. The van der Waals surface area contributed by atoms with Gasteiger partial charge in [0.2, 0.25) is 0 Å². The van der Waals surface area contributed by atoms with Crippen LogP contribution >= 0.6 is 15.9 Å². The number of hydrogen-bond acceptors (Lipinski definition) is 5. The van der Waals surface area contributed by atoms with E-state index < -0.39 is 5.41 Å². The van der Waals surface area contributed by atoms with E-state index in [0.29, 0.717) is 30.2 Å². The van der Waals surface area contributed by atoms with E-state index in [1.807, 2.05) is 6.92 Å². The molecule has 7 heteroatoms. The zero-order chi connectivity index (χ0) is 27.1. The van der Waals surface area contributed by atoms with Gasteiger partial charge in [-0.05, 0) is 99.0 Å². The third kappa shape index (κ3) is 4.46. The average molecular weight is 587 g/mol. The molecule has 0 N–H and O–H groups in total. The van der Waals surface area contributed by atoms with Crippen LogP contribution in [0.5, 0.6) is 0 Å². The second kappa shape index (κ2) is 10.3. The Morgan fingerprint density at radius 2 is 1.87 bits per heavy atom. The number of hydrogen-bond donors (Lipinski definition) is 0. The van der Waals surface area contributed by atoms with Crippen LogP contribution in [0.3, 0.4) is 0 Å². The van der Waals surface area contributed by atoms with Crippen LogP contribution in [0, 0.1) is 11.3 Å². The molecule has 1 fully saturated rings. The number of halogens is 1. The van der Waals surface area contributed by atoms with Crippen LogP contribution in [0.2, 0.25) is 0 Å². The highest BCUT2D eigenvalue weighted by molar-refractivity contribution is 9.10. The second-order valence-electron chi connectivity index (χ2n) is 10.8. The summed E-state index contributed by atoms with van der Waals surface area (Å²) in [7, 11) is 0. The van der Waals surface area contributed by atoms with Gasteiger partial charge in [-0.2, -0.15) is 10.1 Å². The number of fused-ring (bicyclic) bond motifs is 4. The average Bonchev–Trinajstić information content (AvgIpc) is 3.19. The maximum Gasteiger partial charge on any atom is 0.338 e. The molecule has 0 saturated carbocycles. The lowest BCUT2D eigenvalue weighted by Gasteiger charge is -2.52. The summed E-state index contributed by atoms with van der Waals surface area (Å²) in [6.45, 7) is 5.02. The van der Waals surface area contributed by atoms with Crippen LogP contribution in [0.4, 0.5) is 11.4 Å². The van der Waals surface area contributed by atoms with Crippen molar-refractivity contribution in [3.8, 4) is 0 Å². The summed E-state index contributed by atoms with van der Waals surface area (Å²) in [6.07, 6.45) is 3.64. The fraction of sp³-hybridized carbons (Fsp3) is 0.344. The number of nitrogens with zero attached hydrogens (tertiary/aromatic N) is 3. The molecule has 0 aromatic heterocycles. The quantitative estimate of drug-likeness (QED) is 0.324. The molecule has 39 heavy (non-hydrogen) atoms. The molecule has 0 bridgehead atoms. The highest BCUT2D eigenvalue weighted by atomic mass is 79.9. The molecule has 3 atom stereocenters. The van der Waals surface area contributed by atoms with Crippen LogP contribution in [0.15, 0.2) is 82.4 Å². The van der Waals surface area contributed by atoms with Gasteiger partial charge >= 0.3 is 5.97 Å². The lowest BCUT2D eigenvalue weighted by atomic mass is 9.64. The summed E-state index contributed by atoms with van der Waals surface area (Å²) in [5.41, 5.74) is 4.96. The highest BCUT2D eigenvalue weighted by Gasteiger charge is 2.59. The predicted molar refractivity (Wildman–Crippen MR) is 157 cm³/mol. The summed E-state index contributed by atoms with van der Waals surface area (Å²) < 4.78 is 6.13. The number of esters is 1. The van der Waals surface area contributed by atoms with Crippen molar-refractivity contribution >= 4 is 44.9 Å². The highest BCUT2D eigenvalue weighted by Crippen LogP contribution is 2.51. The smallest absolute Gasteiger partial charge is 0.338 e. The Bertz CT molecular complexity index is 1440. The molecule has 3 aliphatic rings. The number of piperidine rings is 1. The van der Waals surface area contributed by atoms with E-state index >= 15 is 0 Å². The van der Waals surface area contributed by atoms with E-state index in [2.05, 4.69) is 69.4 Å². The van der Waals surface area contributed by atoms with E-state index in [0.717, 1.165) is 36.0 Å². The van der Waals surface area contributed by atoms with Gasteiger partial charge in [0.05, 0.1) is 23.6 Å². The third-order valence-corrected chi connectivity index (χ3v) is 9.05. The van der Waals surface area contributed by atoms with Crippen molar-refractivity contribution < 1.29 is 14.3 Å². The minimum absolute atomic E-state index is 0.00451. The van der Waals surface area contributed by atoms with Gasteiger partial charge in [-0.1, -0.05) is 46.3 Å². The molecule has 6 rings (SSSR count). The molecule has 3 unspecified atom stereocenters. The number of carbonyl (C=O) groups is 2. The van der Waals surface area contributed by atoms with Gasteiger partial charge in [0, 0.05) is 22.7 Å². The van der Waals surface area contributed by atoms with Gasteiger partial charge in [0.15, 0.2) is 0 Å². The number of amides is 1. The van der Waals surface area contributed by atoms with Crippen molar-refractivity contribution in [1.82, 2.24) is 0 Å². The lowest BCUT2D eigenvalue weighted by Crippen LogP contribution is -2.62. The largest absolute Gasteiger partial charge is 0.462 e. The van der Waals surface area contributed by atoms with Crippen LogP contribution in [-0.4, -0.2) is 36.8 Å². The van der Waals surface area contributed by atoms with Crippen LogP contribution < -0.4 is 9.91 Å². The van der Waals surface area contributed by atoms with Gasteiger partial charge in [-0.25, -0.2) is 4.79 Å². The molecular formula is C32H32BrN3O3. The number of hydrazone groups is 1. The Kier molecular flexibility index (Phi) is 6.79. The summed E-state index contributed by atoms with van der Waals surface area (Å²) in [5, 5.41) is 6.42. The van der Waals surface area contributed by atoms with Crippen LogP contribution in [0.25, 0.3) is 0 Å². The first-order valence-corrected chi connectivity index (χ1v) is 14.5. The molecule has 3 aromatic rings.